The molecule has 0 N–H and O–H groups in total. The minimum atomic E-state index is -0.949. The summed E-state index contributed by atoms with van der Waals surface area (Å²) in [5.74, 6) is 0.560. The van der Waals surface area contributed by atoms with Gasteiger partial charge in [0.05, 0.1) is 11.1 Å². The Morgan fingerprint density at radius 3 is 2.74 bits per heavy atom. The molecule has 0 radical (unpaired) electrons. The number of hydrogen-bond acceptors (Lipinski definition) is 4. The van der Waals surface area contributed by atoms with Gasteiger partial charge in [0.25, 0.3) is 0 Å². The van der Waals surface area contributed by atoms with E-state index in [-0.39, 0.29) is 5.97 Å². The van der Waals surface area contributed by atoms with Crippen LogP contribution in [0.25, 0.3) is 27.8 Å². The Morgan fingerprint density at radius 1 is 1.12 bits per heavy atom. The van der Waals surface area contributed by atoms with Gasteiger partial charge in [-0.1, -0.05) is 72.8 Å². The van der Waals surface area contributed by atoms with Crippen molar-refractivity contribution in [2.24, 2.45) is 0 Å². The number of fused-ring (bicyclic) bond motifs is 5. The third-order valence-corrected chi connectivity index (χ3v) is 7.16. The highest BCUT2D eigenvalue weighted by molar-refractivity contribution is 9.10. The van der Waals surface area contributed by atoms with E-state index in [0.29, 0.717) is 6.42 Å². The third kappa shape index (κ3) is 3.94. The lowest BCUT2D eigenvalue weighted by molar-refractivity contribution is -0.155. The Bertz CT molecular complexity index is 1350. The summed E-state index contributed by atoms with van der Waals surface area (Å²) in [6.45, 7) is 4.19. The van der Waals surface area contributed by atoms with Crippen LogP contribution in [0.2, 0.25) is 0 Å². The Labute approximate surface area is 208 Å². The number of nitrogens with zero attached hydrogens (tertiary/aromatic N) is 3. The molecule has 34 heavy (non-hydrogen) atoms. The van der Waals surface area contributed by atoms with Crippen LogP contribution in [0.4, 0.5) is 0 Å². The molecule has 0 amide bonds. The molecule has 1 aliphatic carbocycles. The van der Waals surface area contributed by atoms with Crippen molar-refractivity contribution in [2.75, 3.05) is 0 Å². The van der Waals surface area contributed by atoms with Gasteiger partial charge in [-0.25, -0.2) is 9.97 Å². The Hall–Kier alpha value is -2.99. The van der Waals surface area contributed by atoms with Crippen molar-refractivity contribution in [3.05, 3.63) is 76.8 Å². The van der Waals surface area contributed by atoms with E-state index in [4.69, 9.17) is 9.72 Å². The second-order valence-corrected chi connectivity index (χ2v) is 9.95. The fourth-order valence-corrected chi connectivity index (χ4v) is 5.40. The van der Waals surface area contributed by atoms with Crippen molar-refractivity contribution >= 4 is 32.8 Å². The molecule has 4 aromatic rings. The molecule has 1 atom stereocenters. The topological polar surface area (TPSA) is 57.0 Å². The number of imidazole rings is 1. The third-order valence-electron chi connectivity index (χ3n) is 6.67. The highest BCUT2D eigenvalue weighted by atomic mass is 79.9. The van der Waals surface area contributed by atoms with Gasteiger partial charge in [-0.2, -0.15) is 0 Å². The van der Waals surface area contributed by atoms with Gasteiger partial charge >= 0.3 is 5.97 Å². The van der Waals surface area contributed by atoms with Gasteiger partial charge in [0, 0.05) is 39.8 Å². The largest absolute Gasteiger partial charge is 0.449 e. The minimum absolute atomic E-state index is 0.174. The maximum absolute atomic E-state index is 13.1. The first kappa shape index (κ1) is 22.8. The Balaban J connectivity index is 1.65. The molecule has 0 fully saturated rings. The lowest BCUT2D eigenvalue weighted by Crippen LogP contribution is -2.30. The van der Waals surface area contributed by atoms with Crippen LogP contribution in [-0.4, -0.2) is 20.5 Å². The molecule has 2 aromatic heterocycles. The molecule has 5 rings (SSSR count). The average molecular weight is 518 g/mol. The molecule has 0 spiro atoms. The summed E-state index contributed by atoms with van der Waals surface area (Å²) in [5.41, 5.74) is 3.95. The van der Waals surface area contributed by atoms with Crippen LogP contribution in [-0.2, 0) is 15.1 Å². The van der Waals surface area contributed by atoms with Crippen molar-refractivity contribution in [2.45, 2.75) is 58.0 Å². The smallest absolute Gasteiger partial charge is 0.307 e. The quantitative estimate of drug-likeness (QED) is 0.181. The van der Waals surface area contributed by atoms with Crippen LogP contribution in [0.3, 0.4) is 0 Å². The van der Waals surface area contributed by atoms with E-state index in [1.54, 1.807) is 12.5 Å². The van der Waals surface area contributed by atoms with Gasteiger partial charge in [-0.3, -0.25) is 9.36 Å². The van der Waals surface area contributed by atoms with Gasteiger partial charge in [0.2, 0.25) is 0 Å². The number of carbonyl (C=O) groups is 1. The zero-order valence-electron chi connectivity index (χ0n) is 19.6. The van der Waals surface area contributed by atoms with E-state index in [1.807, 2.05) is 42.0 Å². The molecule has 5 nitrogen and oxygen atoms in total. The molecule has 2 heterocycles. The van der Waals surface area contributed by atoms with Crippen molar-refractivity contribution in [1.29, 1.82) is 0 Å². The zero-order valence-corrected chi connectivity index (χ0v) is 21.1. The maximum Gasteiger partial charge on any atom is 0.307 e. The summed E-state index contributed by atoms with van der Waals surface area (Å²) >= 11 is 3.62. The molecule has 1 unspecified atom stereocenters. The van der Waals surface area contributed by atoms with Crippen LogP contribution in [0.15, 0.2) is 65.7 Å². The van der Waals surface area contributed by atoms with E-state index in [2.05, 4.69) is 46.0 Å². The number of pyridine rings is 1. The lowest BCUT2D eigenvalue weighted by Gasteiger charge is -2.29. The van der Waals surface area contributed by atoms with Crippen LogP contribution < -0.4 is 0 Å². The van der Waals surface area contributed by atoms with Crippen LogP contribution in [0.5, 0.6) is 0 Å². The number of unbranched alkanes of at least 4 members (excludes halogenated alkanes) is 4. The fraction of sp³-hybridized carbons (Fsp3) is 0.321. The SMILES string of the molecule is CCCCCCCC(=O)OC1(C)c2ccccc2-c2c1c(-n1ccnc1)nc1ccc(Br)cc21. The first-order chi connectivity index (χ1) is 16.5. The number of rotatable bonds is 8. The van der Waals surface area contributed by atoms with E-state index in [1.165, 1.54) is 12.8 Å². The van der Waals surface area contributed by atoms with Crippen molar-refractivity contribution in [3.8, 4) is 16.9 Å². The Morgan fingerprint density at radius 2 is 1.94 bits per heavy atom. The van der Waals surface area contributed by atoms with Gasteiger partial charge in [-0.05, 0) is 37.1 Å². The van der Waals surface area contributed by atoms with Crippen LogP contribution in [0.1, 0.15) is 63.5 Å². The molecule has 6 heteroatoms. The van der Waals surface area contributed by atoms with E-state index in [0.717, 1.165) is 62.7 Å². The summed E-state index contributed by atoms with van der Waals surface area (Å²) in [4.78, 5) is 22.4. The first-order valence-corrected chi connectivity index (χ1v) is 12.8. The van der Waals surface area contributed by atoms with E-state index >= 15 is 0 Å². The normalized spacial score (nSPS) is 16.4. The molecule has 174 valence electrons. The van der Waals surface area contributed by atoms with Gasteiger partial charge < -0.3 is 4.74 Å². The number of benzene rings is 2. The number of esters is 1. The summed E-state index contributed by atoms with van der Waals surface area (Å²) in [6.07, 6.45) is 11.2. The average Bonchev–Trinajstić information content (AvgIpc) is 3.45. The number of aromatic nitrogens is 3. The monoisotopic (exact) mass is 517 g/mol. The number of ether oxygens (including phenoxy) is 1. The summed E-state index contributed by atoms with van der Waals surface area (Å²) in [5, 5.41) is 1.03. The second kappa shape index (κ2) is 9.34. The molecule has 0 saturated heterocycles. The van der Waals surface area contributed by atoms with Gasteiger partial charge in [0.1, 0.15) is 12.1 Å². The lowest BCUT2D eigenvalue weighted by atomic mass is 9.92. The number of carbonyl (C=O) groups excluding carboxylic acids is 1. The highest BCUT2D eigenvalue weighted by Crippen LogP contribution is 2.54. The van der Waals surface area contributed by atoms with Crippen LogP contribution >= 0.6 is 15.9 Å². The van der Waals surface area contributed by atoms with E-state index < -0.39 is 5.60 Å². The molecule has 0 aliphatic heterocycles. The standard InChI is InChI=1S/C28H28BrN3O2/c1-3-4-5-6-7-12-24(33)34-28(2)22-11-9-8-10-20(22)25-21-17-19(29)13-14-23(21)31-27(26(25)28)32-16-15-30-18-32/h8-11,13-18H,3-7,12H2,1-2H3. The zero-order chi connectivity index (χ0) is 23.7. The van der Waals surface area contributed by atoms with Crippen LogP contribution in [0, 0.1) is 0 Å². The summed E-state index contributed by atoms with van der Waals surface area (Å²) in [6, 6.07) is 14.3. The predicted octanol–water partition coefficient (Wildman–Crippen LogP) is 7.33. The van der Waals surface area contributed by atoms with Gasteiger partial charge in [-0.15, -0.1) is 0 Å². The molecule has 1 aliphatic rings. The van der Waals surface area contributed by atoms with Crippen molar-refractivity contribution < 1.29 is 9.53 Å². The molecule has 2 aromatic carbocycles. The maximum atomic E-state index is 13.1. The first-order valence-electron chi connectivity index (χ1n) is 12.0. The number of halogens is 1. The number of hydrogen-bond donors (Lipinski definition) is 0. The second-order valence-electron chi connectivity index (χ2n) is 9.03. The minimum Gasteiger partial charge on any atom is -0.449 e. The predicted molar refractivity (Wildman–Crippen MR) is 138 cm³/mol. The van der Waals surface area contributed by atoms with Gasteiger partial charge in [0.15, 0.2) is 5.60 Å². The van der Waals surface area contributed by atoms with Crippen molar-refractivity contribution in [3.63, 3.8) is 0 Å². The molecule has 0 bridgehead atoms. The van der Waals surface area contributed by atoms with Crippen molar-refractivity contribution in [1.82, 2.24) is 14.5 Å². The fourth-order valence-electron chi connectivity index (χ4n) is 5.03. The Kier molecular flexibility index (Phi) is 6.26. The molecule has 0 saturated carbocycles. The van der Waals surface area contributed by atoms with E-state index in [9.17, 15) is 4.79 Å². The molecular formula is C28H28BrN3O2. The summed E-state index contributed by atoms with van der Waals surface area (Å²) < 4.78 is 9.24. The summed E-state index contributed by atoms with van der Waals surface area (Å²) in [7, 11) is 0. The highest BCUT2D eigenvalue weighted by Gasteiger charge is 2.46. The molecular weight excluding hydrogens is 490 g/mol.